The summed E-state index contributed by atoms with van der Waals surface area (Å²) in [7, 11) is 0. The quantitative estimate of drug-likeness (QED) is 0.0394. The number of nitrogens with zero attached hydrogens (tertiary/aromatic N) is 1. The lowest BCUT2D eigenvalue weighted by Crippen LogP contribution is -2.27. The van der Waals surface area contributed by atoms with E-state index in [-0.39, 0.29) is 24.4 Å². The molecular formula is C40H81NO5. The number of hydrogen-bond donors (Lipinski definition) is 2. The molecule has 0 rings (SSSR count). The zero-order valence-electron chi connectivity index (χ0n) is 31.4. The molecule has 0 saturated carbocycles. The molecule has 0 saturated heterocycles. The maximum atomic E-state index is 12.7. The van der Waals surface area contributed by atoms with Gasteiger partial charge in [0.1, 0.15) is 0 Å². The minimum absolute atomic E-state index is 0.0386. The van der Waals surface area contributed by atoms with Crippen LogP contribution in [0.2, 0.25) is 0 Å². The molecule has 0 amide bonds. The van der Waals surface area contributed by atoms with Gasteiger partial charge in [-0.05, 0) is 83.8 Å². The molecule has 6 nitrogen and oxygen atoms in total. The van der Waals surface area contributed by atoms with Crippen LogP contribution in [0.3, 0.4) is 0 Å². The van der Waals surface area contributed by atoms with Gasteiger partial charge in [-0.25, -0.2) is 0 Å². The lowest BCUT2D eigenvalue weighted by Gasteiger charge is -2.23. The highest BCUT2D eigenvalue weighted by Gasteiger charge is 2.20. The second-order valence-corrected chi connectivity index (χ2v) is 14.0. The molecule has 0 aliphatic carbocycles. The molecule has 0 radical (unpaired) electrons. The summed E-state index contributed by atoms with van der Waals surface area (Å²) in [6.45, 7) is 13.7. The van der Waals surface area contributed by atoms with Crippen LogP contribution in [0.4, 0.5) is 0 Å². The van der Waals surface area contributed by atoms with Crippen LogP contribution >= 0.6 is 0 Å². The molecule has 0 bridgehead atoms. The van der Waals surface area contributed by atoms with Crippen LogP contribution in [0.25, 0.3) is 0 Å². The maximum Gasteiger partial charge on any atom is 0.308 e. The van der Waals surface area contributed by atoms with Crippen molar-refractivity contribution in [3.63, 3.8) is 0 Å². The van der Waals surface area contributed by atoms with Crippen molar-refractivity contribution in [1.82, 2.24) is 4.90 Å². The average molecular weight is 656 g/mol. The number of rotatable bonds is 37. The molecular weight excluding hydrogens is 574 g/mol. The van der Waals surface area contributed by atoms with E-state index in [1.807, 2.05) is 0 Å². The highest BCUT2D eigenvalue weighted by molar-refractivity contribution is 5.72. The number of ether oxygens (including phenoxy) is 2. The monoisotopic (exact) mass is 656 g/mol. The van der Waals surface area contributed by atoms with Gasteiger partial charge in [-0.2, -0.15) is 0 Å². The van der Waals surface area contributed by atoms with Gasteiger partial charge in [0.25, 0.3) is 0 Å². The summed E-state index contributed by atoms with van der Waals surface area (Å²) in [4.78, 5) is 15.3. The molecule has 0 aliphatic heterocycles. The van der Waals surface area contributed by atoms with Crippen molar-refractivity contribution in [1.29, 1.82) is 0 Å². The van der Waals surface area contributed by atoms with E-state index in [0.29, 0.717) is 13.2 Å². The highest BCUT2D eigenvalue weighted by atomic mass is 16.6. The lowest BCUT2D eigenvalue weighted by molar-refractivity contribution is -0.149. The van der Waals surface area contributed by atoms with Crippen molar-refractivity contribution in [3.05, 3.63) is 0 Å². The second kappa shape index (κ2) is 35.6. The Kier molecular flexibility index (Phi) is 35.1. The molecule has 46 heavy (non-hydrogen) atoms. The van der Waals surface area contributed by atoms with Gasteiger partial charge in [0.15, 0.2) is 6.29 Å². The van der Waals surface area contributed by atoms with Crippen LogP contribution in [0.1, 0.15) is 195 Å². The van der Waals surface area contributed by atoms with E-state index in [9.17, 15) is 15.0 Å². The fourth-order valence-electron chi connectivity index (χ4n) is 6.37. The van der Waals surface area contributed by atoms with Crippen molar-refractivity contribution in [2.75, 3.05) is 39.5 Å². The standard InChI is InChI=1S/C40H81NO5/c1-5-9-13-19-29-37(27-11-7-3)39(43)45-35-25-17-15-21-31-41(33-23-24-34-42)32-22-16-18-26-36-46-40(44)38(28-12-8-4)30-20-14-10-6-2/h37-39,42-43H,5-36H2,1-4H3. The van der Waals surface area contributed by atoms with Crippen LogP contribution in [-0.4, -0.2) is 66.8 Å². The minimum Gasteiger partial charge on any atom is -0.465 e. The third-order valence-electron chi connectivity index (χ3n) is 9.56. The van der Waals surface area contributed by atoms with Gasteiger partial charge in [0, 0.05) is 19.1 Å². The molecule has 0 aromatic rings. The Hall–Kier alpha value is -0.690. The zero-order valence-corrected chi connectivity index (χ0v) is 31.4. The predicted octanol–water partition coefficient (Wildman–Crippen LogP) is 10.6. The number of aliphatic hydroxyl groups is 2. The third kappa shape index (κ3) is 28.3. The first kappa shape index (κ1) is 45.3. The van der Waals surface area contributed by atoms with Gasteiger partial charge < -0.3 is 24.6 Å². The van der Waals surface area contributed by atoms with Crippen LogP contribution in [0.5, 0.6) is 0 Å². The Morgan fingerprint density at radius 3 is 1.59 bits per heavy atom. The van der Waals surface area contributed by atoms with Crippen molar-refractivity contribution in [2.24, 2.45) is 11.8 Å². The topological polar surface area (TPSA) is 79.2 Å². The molecule has 0 heterocycles. The van der Waals surface area contributed by atoms with Gasteiger partial charge in [-0.3, -0.25) is 4.79 Å². The molecule has 0 fully saturated rings. The number of unbranched alkanes of at least 4 members (excludes halogenated alkanes) is 15. The van der Waals surface area contributed by atoms with E-state index in [1.54, 1.807) is 0 Å². The van der Waals surface area contributed by atoms with E-state index in [0.717, 1.165) is 103 Å². The SMILES string of the molecule is CCCCCCC(CCCC)C(=O)OCCCCCCN(CCCCO)CCCCCCOC(O)C(CCCC)CCCCCC. The Bertz CT molecular complexity index is 618. The summed E-state index contributed by atoms with van der Waals surface area (Å²) in [6.07, 6.45) is 28.8. The number of carbonyl (C=O) groups is 1. The summed E-state index contributed by atoms with van der Waals surface area (Å²) >= 11 is 0. The lowest BCUT2D eigenvalue weighted by atomic mass is 9.94. The summed E-state index contributed by atoms with van der Waals surface area (Å²) in [6, 6.07) is 0. The normalized spacial score (nSPS) is 13.7. The molecule has 6 heteroatoms. The molecule has 2 N–H and O–H groups in total. The van der Waals surface area contributed by atoms with Gasteiger partial charge in [0.05, 0.1) is 12.5 Å². The Balaban J connectivity index is 4.19. The first-order chi connectivity index (χ1) is 22.5. The Morgan fingerprint density at radius 1 is 0.543 bits per heavy atom. The summed E-state index contributed by atoms with van der Waals surface area (Å²) in [5.41, 5.74) is 0. The fourth-order valence-corrected chi connectivity index (χ4v) is 6.37. The average Bonchev–Trinajstić information content (AvgIpc) is 3.06. The van der Waals surface area contributed by atoms with Crippen LogP contribution in [0.15, 0.2) is 0 Å². The van der Waals surface area contributed by atoms with Gasteiger partial charge in [0.2, 0.25) is 0 Å². The van der Waals surface area contributed by atoms with Crippen molar-refractivity contribution < 1.29 is 24.5 Å². The van der Waals surface area contributed by atoms with Gasteiger partial charge in [-0.1, -0.05) is 130 Å². The highest BCUT2D eigenvalue weighted by Crippen LogP contribution is 2.22. The maximum absolute atomic E-state index is 12.7. The summed E-state index contributed by atoms with van der Waals surface area (Å²) in [5.74, 6) is 0.417. The van der Waals surface area contributed by atoms with E-state index in [4.69, 9.17) is 9.47 Å². The molecule has 0 aromatic heterocycles. The minimum atomic E-state index is -0.606. The van der Waals surface area contributed by atoms with Crippen LogP contribution in [-0.2, 0) is 14.3 Å². The van der Waals surface area contributed by atoms with Crippen molar-refractivity contribution >= 4 is 5.97 Å². The Morgan fingerprint density at radius 2 is 1.00 bits per heavy atom. The first-order valence-corrected chi connectivity index (χ1v) is 20.3. The number of esters is 1. The molecule has 0 aliphatic rings. The second-order valence-electron chi connectivity index (χ2n) is 14.0. The first-order valence-electron chi connectivity index (χ1n) is 20.3. The molecule has 3 unspecified atom stereocenters. The van der Waals surface area contributed by atoms with E-state index < -0.39 is 6.29 Å². The summed E-state index contributed by atoms with van der Waals surface area (Å²) in [5, 5.41) is 19.9. The molecule has 0 spiro atoms. The van der Waals surface area contributed by atoms with E-state index in [1.165, 1.54) is 83.5 Å². The van der Waals surface area contributed by atoms with Crippen molar-refractivity contribution in [3.8, 4) is 0 Å². The number of carbonyl (C=O) groups excluding carboxylic acids is 1. The van der Waals surface area contributed by atoms with Gasteiger partial charge in [-0.15, -0.1) is 0 Å². The number of aliphatic hydroxyl groups excluding tert-OH is 2. The molecule has 0 aromatic carbocycles. The fraction of sp³-hybridized carbons (Fsp3) is 0.975. The van der Waals surface area contributed by atoms with Crippen LogP contribution < -0.4 is 0 Å². The van der Waals surface area contributed by atoms with Crippen LogP contribution in [0, 0.1) is 11.8 Å². The predicted molar refractivity (Wildman–Crippen MR) is 196 cm³/mol. The molecule has 276 valence electrons. The smallest absolute Gasteiger partial charge is 0.308 e. The largest absolute Gasteiger partial charge is 0.465 e. The van der Waals surface area contributed by atoms with Gasteiger partial charge >= 0.3 is 5.97 Å². The molecule has 3 atom stereocenters. The summed E-state index contributed by atoms with van der Waals surface area (Å²) < 4.78 is 11.6. The zero-order chi connectivity index (χ0) is 33.9. The van der Waals surface area contributed by atoms with E-state index >= 15 is 0 Å². The van der Waals surface area contributed by atoms with Crippen molar-refractivity contribution in [2.45, 2.75) is 201 Å². The number of hydrogen-bond acceptors (Lipinski definition) is 6. The third-order valence-corrected chi connectivity index (χ3v) is 9.56. The van der Waals surface area contributed by atoms with E-state index in [2.05, 4.69) is 32.6 Å². The Labute approximate surface area is 287 Å².